The van der Waals surface area contributed by atoms with Crippen LogP contribution in [-0.4, -0.2) is 29.9 Å². The quantitative estimate of drug-likeness (QED) is 0.824. The van der Waals surface area contributed by atoms with Gasteiger partial charge in [-0.05, 0) is 36.4 Å². The third-order valence-electron chi connectivity index (χ3n) is 2.75. The summed E-state index contributed by atoms with van der Waals surface area (Å²) in [5, 5.41) is 5.31. The molecular weight excluding hydrogens is 309 g/mol. The van der Waals surface area contributed by atoms with E-state index >= 15 is 0 Å². The van der Waals surface area contributed by atoms with Crippen molar-refractivity contribution in [3.63, 3.8) is 0 Å². The number of carbonyl (C=O) groups excluding carboxylic acids is 2. The summed E-state index contributed by atoms with van der Waals surface area (Å²) < 4.78 is 12.7. The summed E-state index contributed by atoms with van der Waals surface area (Å²) in [6, 6.07) is 8.46. The molecule has 2 aromatic rings. The van der Waals surface area contributed by atoms with Crippen molar-refractivity contribution in [3.05, 3.63) is 65.7 Å². The van der Waals surface area contributed by atoms with Crippen molar-refractivity contribution in [1.29, 1.82) is 0 Å². The number of amides is 2. The van der Waals surface area contributed by atoms with Gasteiger partial charge in [-0.25, -0.2) is 4.39 Å². The highest BCUT2D eigenvalue weighted by Gasteiger charge is 2.06. The maximum atomic E-state index is 12.7. The maximum absolute atomic E-state index is 12.7. The number of halogens is 2. The zero-order valence-electron chi connectivity index (χ0n) is 11.6. The number of hydrogen-bond acceptors (Lipinski definition) is 3. The van der Waals surface area contributed by atoms with E-state index in [1.807, 2.05) is 0 Å². The van der Waals surface area contributed by atoms with Crippen molar-refractivity contribution < 1.29 is 14.0 Å². The Bertz CT molecular complexity index is 620. The number of nitrogens with zero attached hydrogens (tertiary/aromatic N) is 1. The van der Waals surface area contributed by atoms with Gasteiger partial charge in [-0.2, -0.15) is 0 Å². The van der Waals surface area contributed by atoms with E-state index in [1.54, 1.807) is 12.1 Å². The van der Waals surface area contributed by atoms with Gasteiger partial charge in [-0.1, -0.05) is 0 Å². The van der Waals surface area contributed by atoms with Crippen LogP contribution in [0.2, 0.25) is 0 Å². The predicted octanol–water partition coefficient (Wildman–Crippen LogP) is 1.80. The molecule has 0 spiro atoms. The van der Waals surface area contributed by atoms with E-state index in [-0.39, 0.29) is 30.8 Å². The summed E-state index contributed by atoms with van der Waals surface area (Å²) in [5.41, 5.74) is 0.881. The molecule has 22 heavy (non-hydrogen) atoms. The third kappa shape index (κ3) is 5.14. The van der Waals surface area contributed by atoms with E-state index in [9.17, 15) is 14.0 Å². The lowest BCUT2D eigenvalue weighted by atomic mass is 10.2. The van der Waals surface area contributed by atoms with Crippen molar-refractivity contribution in [2.75, 3.05) is 13.1 Å². The van der Waals surface area contributed by atoms with E-state index < -0.39 is 5.82 Å². The lowest BCUT2D eigenvalue weighted by molar-refractivity contribution is 0.0927. The van der Waals surface area contributed by atoms with E-state index in [4.69, 9.17) is 0 Å². The zero-order chi connectivity index (χ0) is 15.1. The van der Waals surface area contributed by atoms with Gasteiger partial charge in [-0.3, -0.25) is 14.6 Å². The molecule has 2 rings (SSSR count). The Hall–Kier alpha value is -2.47. The Morgan fingerprint density at radius 1 is 0.864 bits per heavy atom. The van der Waals surface area contributed by atoms with Gasteiger partial charge in [0.05, 0.1) is 0 Å². The summed E-state index contributed by atoms with van der Waals surface area (Å²) in [6.45, 7) is 0.584. The molecule has 7 heteroatoms. The summed E-state index contributed by atoms with van der Waals surface area (Å²) in [7, 11) is 0. The first-order valence-electron chi connectivity index (χ1n) is 6.39. The average molecular weight is 324 g/mol. The lowest BCUT2D eigenvalue weighted by Gasteiger charge is -2.07. The highest BCUT2D eigenvalue weighted by molar-refractivity contribution is 5.95. The van der Waals surface area contributed by atoms with Crippen molar-refractivity contribution in [2.45, 2.75) is 0 Å². The molecule has 0 aliphatic heterocycles. The van der Waals surface area contributed by atoms with Gasteiger partial charge in [0.15, 0.2) is 0 Å². The molecule has 0 fully saturated rings. The minimum Gasteiger partial charge on any atom is -0.350 e. The topological polar surface area (TPSA) is 71.1 Å². The molecule has 0 unspecified atom stereocenters. The van der Waals surface area contributed by atoms with Crippen LogP contribution < -0.4 is 10.6 Å². The van der Waals surface area contributed by atoms with E-state index in [0.717, 1.165) is 0 Å². The van der Waals surface area contributed by atoms with Crippen molar-refractivity contribution in [1.82, 2.24) is 15.6 Å². The minimum absolute atomic E-state index is 0. The molecule has 0 radical (unpaired) electrons. The molecule has 5 nitrogen and oxygen atoms in total. The average Bonchev–Trinajstić information content (AvgIpc) is 2.52. The van der Waals surface area contributed by atoms with Gasteiger partial charge in [0.25, 0.3) is 11.8 Å². The standard InChI is InChI=1S/C15H14FN3O2.ClH/c16-13-3-1-11(2-4-13)14(20)18-9-10-19-15(21)12-5-7-17-8-6-12;/h1-8H,9-10H2,(H,18,20)(H,19,21);1H. The largest absolute Gasteiger partial charge is 0.350 e. The lowest BCUT2D eigenvalue weighted by Crippen LogP contribution is -2.34. The van der Waals surface area contributed by atoms with Crippen molar-refractivity contribution in [3.8, 4) is 0 Å². The van der Waals surface area contributed by atoms with Crippen molar-refractivity contribution >= 4 is 24.2 Å². The van der Waals surface area contributed by atoms with Crippen LogP contribution in [0.3, 0.4) is 0 Å². The van der Waals surface area contributed by atoms with E-state index in [2.05, 4.69) is 15.6 Å². The second-order valence-electron chi connectivity index (χ2n) is 4.25. The van der Waals surface area contributed by atoms with Crippen LogP contribution >= 0.6 is 12.4 Å². The van der Waals surface area contributed by atoms with Gasteiger partial charge >= 0.3 is 0 Å². The van der Waals surface area contributed by atoms with Crippen LogP contribution in [0.5, 0.6) is 0 Å². The minimum atomic E-state index is -0.392. The Balaban J connectivity index is 0.00000242. The van der Waals surface area contributed by atoms with E-state index in [1.165, 1.54) is 36.7 Å². The second kappa shape index (κ2) is 8.74. The number of benzene rings is 1. The maximum Gasteiger partial charge on any atom is 0.251 e. The molecule has 116 valence electrons. The van der Waals surface area contributed by atoms with Crippen LogP contribution in [0.15, 0.2) is 48.8 Å². The molecule has 1 heterocycles. The predicted molar refractivity (Wildman–Crippen MR) is 82.6 cm³/mol. The molecular formula is C15H15ClFN3O2. The fraction of sp³-hybridized carbons (Fsp3) is 0.133. The zero-order valence-corrected chi connectivity index (χ0v) is 12.4. The Morgan fingerprint density at radius 3 is 1.82 bits per heavy atom. The molecule has 0 saturated heterocycles. The first-order valence-corrected chi connectivity index (χ1v) is 6.39. The van der Waals surface area contributed by atoms with Gasteiger partial charge in [0.2, 0.25) is 0 Å². The number of rotatable bonds is 5. The molecule has 0 saturated carbocycles. The summed E-state index contributed by atoms with van der Waals surface area (Å²) in [4.78, 5) is 27.2. The molecule has 0 bridgehead atoms. The van der Waals surface area contributed by atoms with Gasteiger partial charge in [0, 0.05) is 36.6 Å². The van der Waals surface area contributed by atoms with E-state index in [0.29, 0.717) is 17.7 Å². The highest BCUT2D eigenvalue weighted by atomic mass is 35.5. The van der Waals surface area contributed by atoms with Gasteiger partial charge < -0.3 is 10.6 Å². The first-order chi connectivity index (χ1) is 10.2. The summed E-state index contributed by atoms with van der Waals surface area (Å²) >= 11 is 0. The van der Waals surface area contributed by atoms with Gasteiger partial charge in [-0.15, -0.1) is 12.4 Å². The molecule has 2 amide bonds. The smallest absolute Gasteiger partial charge is 0.251 e. The Morgan fingerprint density at radius 2 is 1.32 bits per heavy atom. The fourth-order valence-electron chi connectivity index (χ4n) is 1.66. The molecule has 1 aromatic carbocycles. The number of pyridine rings is 1. The number of nitrogens with one attached hydrogen (secondary N) is 2. The summed E-state index contributed by atoms with van der Waals surface area (Å²) in [5.74, 6) is -0.933. The van der Waals surface area contributed by atoms with Gasteiger partial charge in [0.1, 0.15) is 5.82 Å². The van der Waals surface area contributed by atoms with Crippen LogP contribution in [0.25, 0.3) is 0 Å². The molecule has 0 aliphatic carbocycles. The third-order valence-corrected chi connectivity index (χ3v) is 2.75. The molecule has 0 aliphatic rings. The fourth-order valence-corrected chi connectivity index (χ4v) is 1.66. The number of hydrogen-bond donors (Lipinski definition) is 2. The Kier molecular flexibility index (Phi) is 6.98. The first kappa shape index (κ1) is 17.6. The van der Waals surface area contributed by atoms with Crippen LogP contribution in [0, 0.1) is 5.82 Å². The Labute approximate surface area is 133 Å². The second-order valence-corrected chi connectivity index (χ2v) is 4.25. The highest BCUT2D eigenvalue weighted by Crippen LogP contribution is 2.02. The van der Waals surface area contributed by atoms with Crippen LogP contribution in [-0.2, 0) is 0 Å². The SMILES string of the molecule is Cl.O=C(NCCNC(=O)c1ccc(F)cc1)c1ccncc1. The summed E-state index contributed by atoms with van der Waals surface area (Å²) in [6.07, 6.45) is 3.07. The van der Waals surface area contributed by atoms with Crippen LogP contribution in [0.1, 0.15) is 20.7 Å². The van der Waals surface area contributed by atoms with Crippen LogP contribution in [0.4, 0.5) is 4.39 Å². The normalized spacial score (nSPS) is 9.50. The number of carbonyl (C=O) groups is 2. The van der Waals surface area contributed by atoms with Crippen molar-refractivity contribution in [2.24, 2.45) is 0 Å². The molecule has 0 atom stereocenters. The molecule has 1 aromatic heterocycles. The number of aromatic nitrogens is 1. The molecule has 2 N–H and O–H groups in total. The monoisotopic (exact) mass is 323 g/mol.